The van der Waals surface area contributed by atoms with E-state index in [1.54, 1.807) is 66.2 Å². The molecule has 3 amide bonds. The molecule has 1 rings (SSSR count). The molecule has 0 aliphatic carbocycles. The van der Waals surface area contributed by atoms with Crippen LogP contribution < -0.4 is 5.32 Å². The summed E-state index contributed by atoms with van der Waals surface area (Å²) in [5, 5.41) is 2.58. The van der Waals surface area contributed by atoms with Crippen LogP contribution in [-0.2, 0) is 9.53 Å². The van der Waals surface area contributed by atoms with Crippen LogP contribution in [0.3, 0.4) is 0 Å². The highest BCUT2D eigenvalue weighted by Gasteiger charge is 2.18. The first-order valence-corrected chi connectivity index (χ1v) is 7.55. The Kier molecular flexibility index (Phi) is 6.34. The van der Waals surface area contributed by atoms with Gasteiger partial charge in [0, 0.05) is 32.4 Å². The topological polar surface area (TPSA) is 79.0 Å². The number of anilines is 1. The summed E-state index contributed by atoms with van der Waals surface area (Å²) in [4.78, 5) is 38.6. The van der Waals surface area contributed by atoms with E-state index >= 15 is 0 Å². The molecular weight excluding hydrogens is 310 g/mol. The van der Waals surface area contributed by atoms with Crippen molar-refractivity contribution in [1.29, 1.82) is 0 Å². The molecule has 0 radical (unpaired) electrons. The smallest absolute Gasteiger partial charge is 0.412 e. The van der Waals surface area contributed by atoms with E-state index in [1.807, 2.05) is 0 Å². The lowest BCUT2D eigenvalue weighted by molar-refractivity contribution is -0.129. The van der Waals surface area contributed by atoms with E-state index in [0.717, 1.165) is 0 Å². The molecule has 0 unspecified atom stereocenters. The first-order chi connectivity index (χ1) is 11.0. The van der Waals surface area contributed by atoms with E-state index < -0.39 is 11.7 Å². The standard InChI is InChI=1S/C17H25N3O4/c1-17(2,3)24-16(23)18-13-9-7-8-12(10-13)15(22)20(6)11-14(21)19(4)5/h7-10H,11H2,1-6H3,(H,18,23). The minimum atomic E-state index is -0.607. The number of nitrogens with one attached hydrogen (secondary N) is 1. The molecule has 1 aromatic carbocycles. The zero-order valence-electron chi connectivity index (χ0n) is 15.0. The molecule has 0 spiro atoms. The fraction of sp³-hybridized carbons (Fsp3) is 0.471. The van der Waals surface area contributed by atoms with Gasteiger partial charge in [-0.25, -0.2) is 4.79 Å². The van der Waals surface area contributed by atoms with Crippen molar-refractivity contribution >= 4 is 23.6 Å². The minimum Gasteiger partial charge on any atom is -0.444 e. The van der Waals surface area contributed by atoms with Gasteiger partial charge in [0.1, 0.15) is 5.60 Å². The summed E-state index contributed by atoms with van der Waals surface area (Å²) in [6, 6.07) is 6.48. The second kappa shape index (κ2) is 7.81. The van der Waals surface area contributed by atoms with E-state index in [0.29, 0.717) is 11.3 Å². The summed E-state index contributed by atoms with van der Waals surface area (Å²) in [6.07, 6.45) is -0.594. The van der Waals surface area contributed by atoms with Gasteiger partial charge in [-0.05, 0) is 39.0 Å². The Labute approximate surface area is 142 Å². The fourth-order valence-electron chi connectivity index (χ4n) is 1.79. The van der Waals surface area contributed by atoms with Crippen LogP contribution in [0.25, 0.3) is 0 Å². The molecule has 0 aliphatic rings. The van der Waals surface area contributed by atoms with Gasteiger partial charge in [0.05, 0.1) is 6.54 Å². The van der Waals surface area contributed by atoms with Crippen LogP contribution in [0.2, 0.25) is 0 Å². The highest BCUT2D eigenvalue weighted by atomic mass is 16.6. The van der Waals surface area contributed by atoms with Gasteiger partial charge >= 0.3 is 6.09 Å². The van der Waals surface area contributed by atoms with E-state index in [4.69, 9.17) is 4.74 Å². The van der Waals surface area contributed by atoms with Crippen LogP contribution in [-0.4, -0.2) is 61.0 Å². The number of nitrogens with zero attached hydrogens (tertiary/aromatic N) is 2. The number of hydrogen-bond donors (Lipinski definition) is 1. The zero-order valence-corrected chi connectivity index (χ0v) is 15.0. The van der Waals surface area contributed by atoms with Crippen LogP contribution in [0, 0.1) is 0 Å². The molecule has 0 aliphatic heterocycles. The van der Waals surface area contributed by atoms with Gasteiger partial charge in [-0.3, -0.25) is 14.9 Å². The number of carbonyl (C=O) groups excluding carboxylic acids is 3. The quantitative estimate of drug-likeness (QED) is 0.915. The number of benzene rings is 1. The van der Waals surface area contributed by atoms with Gasteiger partial charge in [-0.2, -0.15) is 0 Å². The third-order valence-electron chi connectivity index (χ3n) is 2.97. The molecule has 1 N–H and O–H groups in total. The normalized spacial score (nSPS) is 10.8. The van der Waals surface area contributed by atoms with Crippen LogP contribution in [0.4, 0.5) is 10.5 Å². The van der Waals surface area contributed by atoms with Crippen LogP contribution in [0.15, 0.2) is 24.3 Å². The van der Waals surface area contributed by atoms with Crippen LogP contribution in [0.1, 0.15) is 31.1 Å². The van der Waals surface area contributed by atoms with Gasteiger partial charge in [-0.15, -0.1) is 0 Å². The summed E-state index contributed by atoms with van der Waals surface area (Å²) in [5.74, 6) is -0.480. The molecular formula is C17H25N3O4. The van der Waals surface area contributed by atoms with E-state index in [-0.39, 0.29) is 18.4 Å². The summed E-state index contributed by atoms with van der Waals surface area (Å²) in [5.41, 5.74) is 0.213. The lowest BCUT2D eigenvalue weighted by Crippen LogP contribution is -2.37. The van der Waals surface area contributed by atoms with Crippen LogP contribution >= 0.6 is 0 Å². The average Bonchev–Trinajstić information content (AvgIpc) is 2.44. The third-order valence-corrected chi connectivity index (χ3v) is 2.97. The summed E-state index contributed by atoms with van der Waals surface area (Å²) < 4.78 is 5.17. The van der Waals surface area contributed by atoms with Crippen molar-refractivity contribution in [2.45, 2.75) is 26.4 Å². The lowest BCUT2D eigenvalue weighted by Gasteiger charge is -2.20. The van der Waals surface area contributed by atoms with Gasteiger partial charge in [-0.1, -0.05) is 6.07 Å². The first-order valence-electron chi connectivity index (χ1n) is 7.55. The van der Waals surface area contributed by atoms with Crippen molar-refractivity contribution in [2.75, 3.05) is 33.0 Å². The molecule has 0 saturated carbocycles. The molecule has 0 saturated heterocycles. The number of rotatable bonds is 4. The molecule has 7 heteroatoms. The van der Waals surface area contributed by atoms with Gasteiger partial charge in [0.15, 0.2) is 0 Å². The Hall–Kier alpha value is -2.57. The maximum Gasteiger partial charge on any atom is 0.412 e. The molecule has 132 valence electrons. The molecule has 0 heterocycles. The summed E-state index contributed by atoms with van der Waals surface area (Å²) in [6.45, 7) is 5.28. The molecule has 24 heavy (non-hydrogen) atoms. The van der Waals surface area contributed by atoms with Crippen molar-refractivity contribution in [3.8, 4) is 0 Å². The largest absolute Gasteiger partial charge is 0.444 e. The molecule has 0 aromatic heterocycles. The Balaban J connectivity index is 2.79. The molecule has 0 atom stereocenters. The zero-order chi connectivity index (χ0) is 18.5. The Bertz CT molecular complexity index is 621. The second-order valence-electron chi connectivity index (χ2n) is 6.66. The number of likely N-dealkylation sites (N-methyl/N-ethyl adjacent to an activating group) is 2. The van der Waals surface area contributed by atoms with Crippen molar-refractivity contribution in [1.82, 2.24) is 9.80 Å². The fourth-order valence-corrected chi connectivity index (χ4v) is 1.79. The minimum absolute atomic E-state index is 0.0183. The lowest BCUT2D eigenvalue weighted by atomic mass is 10.1. The predicted octanol–water partition coefficient (Wildman–Crippen LogP) is 2.19. The SMILES string of the molecule is CN(C)C(=O)CN(C)C(=O)c1cccc(NC(=O)OC(C)(C)C)c1. The highest BCUT2D eigenvalue weighted by Crippen LogP contribution is 2.15. The Morgan fingerprint density at radius 3 is 2.29 bits per heavy atom. The molecule has 0 bridgehead atoms. The first kappa shape index (κ1) is 19.5. The maximum absolute atomic E-state index is 12.4. The number of ether oxygens (including phenoxy) is 1. The third kappa shape index (κ3) is 6.28. The molecule has 7 nitrogen and oxygen atoms in total. The van der Waals surface area contributed by atoms with Crippen LogP contribution in [0.5, 0.6) is 0 Å². The van der Waals surface area contributed by atoms with Crippen molar-refractivity contribution in [3.05, 3.63) is 29.8 Å². The van der Waals surface area contributed by atoms with Gasteiger partial charge in [0.2, 0.25) is 5.91 Å². The molecule has 1 aromatic rings. The summed E-state index contributed by atoms with van der Waals surface area (Å²) >= 11 is 0. The highest BCUT2D eigenvalue weighted by molar-refractivity contribution is 5.97. The van der Waals surface area contributed by atoms with E-state index in [1.165, 1.54) is 9.80 Å². The van der Waals surface area contributed by atoms with E-state index in [2.05, 4.69) is 5.32 Å². The Morgan fingerprint density at radius 1 is 1.12 bits per heavy atom. The number of carbonyl (C=O) groups is 3. The molecule has 0 fully saturated rings. The van der Waals surface area contributed by atoms with Crippen molar-refractivity contribution in [2.24, 2.45) is 0 Å². The monoisotopic (exact) mass is 335 g/mol. The van der Waals surface area contributed by atoms with Gasteiger partial charge in [0.25, 0.3) is 5.91 Å². The number of hydrogen-bond acceptors (Lipinski definition) is 4. The van der Waals surface area contributed by atoms with Crippen molar-refractivity contribution < 1.29 is 19.1 Å². The Morgan fingerprint density at radius 2 is 1.75 bits per heavy atom. The average molecular weight is 335 g/mol. The van der Waals surface area contributed by atoms with Gasteiger partial charge < -0.3 is 14.5 Å². The summed E-state index contributed by atoms with van der Waals surface area (Å²) in [7, 11) is 4.82. The predicted molar refractivity (Wildman–Crippen MR) is 92.0 cm³/mol. The number of amides is 3. The van der Waals surface area contributed by atoms with Crippen molar-refractivity contribution in [3.63, 3.8) is 0 Å². The maximum atomic E-state index is 12.4. The van der Waals surface area contributed by atoms with E-state index in [9.17, 15) is 14.4 Å². The second-order valence-corrected chi connectivity index (χ2v) is 6.66.